The number of ketones is 1. The highest BCUT2D eigenvalue weighted by molar-refractivity contribution is 9.10. The SMILES string of the molecule is CC1=Cc2ccccc2[C@@H](C)[C@](C)(Br)C1=O. The van der Waals surface area contributed by atoms with Crippen molar-refractivity contribution in [3.63, 3.8) is 0 Å². The largest absolute Gasteiger partial charge is 0.293 e. The van der Waals surface area contributed by atoms with Crippen molar-refractivity contribution in [2.45, 2.75) is 31.0 Å². The molecule has 1 nitrogen and oxygen atoms in total. The van der Waals surface area contributed by atoms with Crippen molar-refractivity contribution in [1.29, 1.82) is 0 Å². The summed E-state index contributed by atoms with van der Waals surface area (Å²) in [6.07, 6.45) is 1.99. The van der Waals surface area contributed by atoms with E-state index in [1.807, 2.05) is 32.1 Å². The maximum Gasteiger partial charge on any atom is 0.175 e. The molecule has 2 atom stereocenters. The van der Waals surface area contributed by atoms with Gasteiger partial charge in [-0.15, -0.1) is 0 Å². The first kappa shape index (κ1) is 11.6. The Morgan fingerprint density at radius 2 is 1.94 bits per heavy atom. The highest BCUT2D eigenvalue weighted by atomic mass is 79.9. The van der Waals surface area contributed by atoms with E-state index >= 15 is 0 Å². The first-order chi connectivity index (χ1) is 7.44. The second-order valence-corrected chi connectivity index (χ2v) is 6.23. The predicted molar refractivity (Wildman–Crippen MR) is 70.8 cm³/mol. The van der Waals surface area contributed by atoms with E-state index in [4.69, 9.17) is 0 Å². The molecular weight excluding hydrogens is 264 g/mol. The summed E-state index contributed by atoms with van der Waals surface area (Å²) in [6, 6.07) is 8.20. The highest BCUT2D eigenvalue weighted by Crippen LogP contribution is 2.41. The van der Waals surface area contributed by atoms with E-state index in [0.29, 0.717) is 0 Å². The van der Waals surface area contributed by atoms with Crippen LogP contribution in [0.1, 0.15) is 37.8 Å². The van der Waals surface area contributed by atoms with Crippen molar-refractivity contribution in [3.8, 4) is 0 Å². The Morgan fingerprint density at radius 3 is 2.62 bits per heavy atom. The molecule has 0 fully saturated rings. The fourth-order valence-electron chi connectivity index (χ4n) is 2.21. The molecule has 1 aromatic carbocycles. The fourth-order valence-corrected chi connectivity index (χ4v) is 2.77. The molecule has 0 N–H and O–H groups in total. The lowest BCUT2D eigenvalue weighted by atomic mass is 9.85. The molecular formula is C14H15BrO. The summed E-state index contributed by atoms with van der Waals surface area (Å²) in [7, 11) is 0. The van der Waals surface area contributed by atoms with Gasteiger partial charge in [0, 0.05) is 5.92 Å². The number of hydrogen-bond acceptors (Lipinski definition) is 1. The molecule has 0 radical (unpaired) electrons. The van der Waals surface area contributed by atoms with Crippen LogP contribution in [0.25, 0.3) is 6.08 Å². The Bertz CT molecular complexity index is 471. The third-order valence-corrected chi connectivity index (χ3v) is 4.50. The minimum absolute atomic E-state index is 0.171. The molecule has 1 aliphatic carbocycles. The maximum absolute atomic E-state index is 12.2. The van der Waals surface area contributed by atoms with Crippen molar-refractivity contribution in [2.24, 2.45) is 0 Å². The topological polar surface area (TPSA) is 17.1 Å². The molecule has 0 saturated carbocycles. The van der Waals surface area contributed by atoms with Gasteiger partial charge in [0.2, 0.25) is 0 Å². The zero-order valence-electron chi connectivity index (χ0n) is 9.75. The average molecular weight is 279 g/mol. The number of benzene rings is 1. The Hall–Kier alpha value is -0.890. The third kappa shape index (κ3) is 1.65. The molecule has 0 saturated heterocycles. The molecule has 0 bridgehead atoms. The molecule has 84 valence electrons. The first-order valence-electron chi connectivity index (χ1n) is 5.45. The summed E-state index contributed by atoms with van der Waals surface area (Å²) >= 11 is 3.59. The minimum atomic E-state index is -0.500. The van der Waals surface area contributed by atoms with Crippen LogP contribution in [0.4, 0.5) is 0 Å². The van der Waals surface area contributed by atoms with E-state index in [0.717, 1.165) is 11.1 Å². The molecule has 2 heteroatoms. The summed E-state index contributed by atoms with van der Waals surface area (Å²) < 4.78 is -0.500. The summed E-state index contributed by atoms with van der Waals surface area (Å²) in [6.45, 7) is 5.94. The Balaban J connectivity index is 2.68. The normalized spacial score (nSPS) is 29.4. The molecule has 0 heterocycles. The summed E-state index contributed by atoms with van der Waals surface area (Å²) in [4.78, 5) is 12.2. The smallest absolute Gasteiger partial charge is 0.175 e. The van der Waals surface area contributed by atoms with Crippen LogP contribution in [0, 0.1) is 0 Å². The van der Waals surface area contributed by atoms with Crippen molar-refractivity contribution >= 4 is 27.8 Å². The van der Waals surface area contributed by atoms with E-state index in [9.17, 15) is 4.79 Å². The molecule has 0 aromatic heterocycles. The lowest BCUT2D eigenvalue weighted by Crippen LogP contribution is -2.33. The van der Waals surface area contributed by atoms with Gasteiger partial charge in [0.1, 0.15) is 0 Å². The fraction of sp³-hybridized carbons (Fsp3) is 0.357. The molecule has 16 heavy (non-hydrogen) atoms. The number of alkyl halides is 1. The summed E-state index contributed by atoms with van der Waals surface area (Å²) in [5.41, 5.74) is 3.20. The van der Waals surface area contributed by atoms with Gasteiger partial charge in [-0.25, -0.2) is 0 Å². The second-order valence-electron chi connectivity index (χ2n) is 4.58. The second kappa shape index (κ2) is 3.85. The number of hydrogen-bond donors (Lipinski definition) is 0. The van der Waals surface area contributed by atoms with Gasteiger partial charge in [0.05, 0.1) is 4.32 Å². The van der Waals surface area contributed by atoms with Crippen LogP contribution >= 0.6 is 15.9 Å². The van der Waals surface area contributed by atoms with Gasteiger partial charge in [-0.3, -0.25) is 4.79 Å². The van der Waals surface area contributed by atoms with Crippen molar-refractivity contribution in [3.05, 3.63) is 41.0 Å². The summed E-state index contributed by atoms with van der Waals surface area (Å²) in [5, 5.41) is 0. The molecule has 0 amide bonds. The molecule has 1 aromatic rings. The van der Waals surface area contributed by atoms with Gasteiger partial charge in [0.25, 0.3) is 0 Å². The van der Waals surface area contributed by atoms with E-state index in [1.165, 1.54) is 5.56 Å². The lowest BCUT2D eigenvalue weighted by molar-refractivity contribution is -0.117. The Kier molecular flexibility index (Phi) is 2.79. The van der Waals surface area contributed by atoms with Crippen LogP contribution in [0.5, 0.6) is 0 Å². The number of Topliss-reactive ketones (excluding diaryl/α,β-unsaturated/α-hetero) is 1. The highest BCUT2D eigenvalue weighted by Gasteiger charge is 2.39. The number of allylic oxidation sites excluding steroid dienone is 1. The van der Waals surface area contributed by atoms with Gasteiger partial charge in [-0.05, 0) is 36.6 Å². The standard InChI is InChI=1S/C14H15BrO/c1-9-8-11-6-4-5-7-12(11)10(2)14(3,15)13(9)16/h4-8,10H,1-3H3/t10-,14+/m1/s1. The predicted octanol–water partition coefficient (Wildman–Crippen LogP) is 3.93. The lowest BCUT2D eigenvalue weighted by Gasteiger charge is -2.27. The van der Waals surface area contributed by atoms with E-state index in [1.54, 1.807) is 0 Å². The first-order valence-corrected chi connectivity index (χ1v) is 6.25. The Labute approximate surface area is 105 Å². The van der Waals surface area contributed by atoms with Crippen LogP contribution in [0.15, 0.2) is 29.8 Å². The van der Waals surface area contributed by atoms with Gasteiger partial charge < -0.3 is 0 Å². The number of halogens is 1. The Morgan fingerprint density at radius 1 is 1.31 bits per heavy atom. The maximum atomic E-state index is 12.2. The number of carbonyl (C=O) groups excluding carboxylic acids is 1. The van der Waals surface area contributed by atoms with Crippen LogP contribution in [0.3, 0.4) is 0 Å². The van der Waals surface area contributed by atoms with Crippen LogP contribution < -0.4 is 0 Å². The number of carbonyl (C=O) groups is 1. The van der Waals surface area contributed by atoms with Crippen molar-refractivity contribution in [2.75, 3.05) is 0 Å². The molecule has 0 aliphatic heterocycles. The quantitative estimate of drug-likeness (QED) is 0.658. The number of rotatable bonds is 0. The monoisotopic (exact) mass is 278 g/mol. The molecule has 0 unspecified atom stereocenters. The van der Waals surface area contributed by atoms with E-state index in [-0.39, 0.29) is 11.7 Å². The van der Waals surface area contributed by atoms with Gasteiger partial charge in [-0.1, -0.05) is 47.1 Å². The van der Waals surface area contributed by atoms with Gasteiger partial charge in [-0.2, -0.15) is 0 Å². The van der Waals surface area contributed by atoms with Gasteiger partial charge in [0.15, 0.2) is 5.78 Å². The molecule has 2 rings (SSSR count). The average Bonchev–Trinajstić information content (AvgIpc) is 2.32. The van der Waals surface area contributed by atoms with Crippen molar-refractivity contribution < 1.29 is 4.79 Å². The van der Waals surface area contributed by atoms with Crippen molar-refractivity contribution in [1.82, 2.24) is 0 Å². The summed E-state index contributed by atoms with van der Waals surface area (Å²) in [5.74, 6) is 0.348. The van der Waals surface area contributed by atoms with Crippen LogP contribution in [-0.4, -0.2) is 10.1 Å². The van der Waals surface area contributed by atoms with E-state index in [2.05, 4.69) is 35.0 Å². The molecule has 1 aliphatic rings. The minimum Gasteiger partial charge on any atom is -0.293 e. The van der Waals surface area contributed by atoms with Gasteiger partial charge >= 0.3 is 0 Å². The third-order valence-electron chi connectivity index (χ3n) is 3.45. The zero-order chi connectivity index (χ0) is 11.9. The zero-order valence-corrected chi connectivity index (χ0v) is 11.3. The number of fused-ring (bicyclic) bond motifs is 1. The van der Waals surface area contributed by atoms with Crippen LogP contribution in [0.2, 0.25) is 0 Å². The van der Waals surface area contributed by atoms with Crippen LogP contribution in [-0.2, 0) is 4.79 Å². The van der Waals surface area contributed by atoms with E-state index < -0.39 is 4.32 Å². The molecule has 0 spiro atoms.